The number of aryl methyl sites for hydroxylation is 1. The number of halogens is 1. The Morgan fingerprint density at radius 2 is 2.19 bits per heavy atom. The molecule has 3 atom stereocenters. The van der Waals surface area contributed by atoms with Gasteiger partial charge in [0.2, 0.25) is 17.6 Å². The van der Waals surface area contributed by atoms with Crippen LogP contribution in [0, 0.1) is 18.8 Å². The molecule has 2 aliphatic rings. The summed E-state index contributed by atoms with van der Waals surface area (Å²) in [6.45, 7) is 3.96. The number of anilines is 1. The van der Waals surface area contributed by atoms with Crippen molar-refractivity contribution < 1.29 is 14.4 Å². The molecule has 1 amide bonds. The van der Waals surface area contributed by atoms with Gasteiger partial charge < -0.3 is 20.3 Å². The van der Waals surface area contributed by atoms with Crippen molar-refractivity contribution >= 4 is 29.1 Å². The minimum Gasteiger partial charge on any atom is -0.368 e. The number of carbonyl (C=O) groups excluding carboxylic acids is 1. The third-order valence-electron chi connectivity index (χ3n) is 6.27. The summed E-state index contributed by atoms with van der Waals surface area (Å²) < 4.78 is 5.05. The highest BCUT2D eigenvalue weighted by atomic mass is 35.5. The molecular formula is C24H23ClN8O3. The smallest absolute Gasteiger partial charge is 0.274 e. The lowest BCUT2D eigenvalue weighted by molar-refractivity contribution is -0.0517. The van der Waals surface area contributed by atoms with Crippen LogP contribution in [0.4, 0.5) is 11.6 Å². The first-order valence-corrected chi connectivity index (χ1v) is 11.8. The van der Waals surface area contributed by atoms with Crippen LogP contribution in [-0.4, -0.2) is 48.6 Å². The number of nitrogen functional groups attached to an aromatic ring is 1. The number of azo groups is 1. The SMILES string of the molecule is Cc1nc(C(C)C#Cc2cccc3c2[C@@](O)(C2CCCCN2C(=O)c2nc(N)ncc2Cl)N=N3)no1. The molecule has 3 N–H and O–H groups in total. The average Bonchev–Trinajstić information content (AvgIpc) is 3.48. The summed E-state index contributed by atoms with van der Waals surface area (Å²) in [5.41, 5.74) is 5.37. The molecule has 2 aliphatic heterocycles. The number of hydrogen-bond acceptors (Lipinski definition) is 10. The van der Waals surface area contributed by atoms with Crippen molar-refractivity contribution in [3.8, 4) is 11.8 Å². The van der Waals surface area contributed by atoms with Gasteiger partial charge >= 0.3 is 0 Å². The Kier molecular flexibility index (Phi) is 6.15. The maximum absolute atomic E-state index is 13.5. The Labute approximate surface area is 211 Å². The molecule has 11 nitrogen and oxygen atoms in total. The predicted octanol–water partition coefficient (Wildman–Crippen LogP) is 3.50. The second-order valence-corrected chi connectivity index (χ2v) is 9.13. The topological polar surface area (TPSA) is 156 Å². The molecule has 184 valence electrons. The minimum atomic E-state index is -1.80. The van der Waals surface area contributed by atoms with E-state index in [1.807, 2.05) is 6.92 Å². The molecule has 0 spiro atoms. The predicted molar refractivity (Wildman–Crippen MR) is 129 cm³/mol. The van der Waals surface area contributed by atoms with Crippen LogP contribution in [-0.2, 0) is 5.72 Å². The lowest BCUT2D eigenvalue weighted by atomic mass is 9.85. The fourth-order valence-corrected chi connectivity index (χ4v) is 4.70. The summed E-state index contributed by atoms with van der Waals surface area (Å²) in [5.74, 6) is 6.34. The quantitative estimate of drug-likeness (QED) is 0.511. The van der Waals surface area contributed by atoms with Crippen LogP contribution in [0.15, 0.2) is 39.1 Å². The molecule has 0 radical (unpaired) electrons. The molecule has 36 heavy (non-hydrogen) atoms. The molecule has 0 bridgehead atoms. The Bertz CT molecular complexity index is 1430. The number of piperidine rings is 1. The van der Waals surface area contributed by atoms with Crippen molar-refractivity contribution in [2.24, 2.45) is 10.2 Å². The van der Waals surface area contributed by atoms with E-state index in [9.17, 15) is 9.90 Å². The Morgan fingerprint density at radius 1 is 1.36 bits per heavy atom. The molecule has 0 saturated carbocycles. The minimum absolute atomic E-state index is 0.0212. The van der Waals surface area contributed by atoms with Crippen LogP contribution in [0.2, 0.25) is 5.02 Å². The van der Waals surface area contributed by atoms with E-state index in [0.29, 0.717) is 41.5 Å². The number of benzene rings is 1. The van der Waals surface area contributed by atoms with Crippen molar-refractivity contribution in [3.63, 3.8) is 0 Å². The normalized spacial score (nSPS) is 21.6. The summed E-state index contributed by atoms with van der Waals surface area (Å²) in [5, 5.41) is 24.5. The van der Waals surface area contributed by atoms with E-state index in [2.05, 4.69) is 42.2 Å². The van der Waals surface area contributed by atoms with E-state index in [4.69, 9.17) is 21.9 Å². The van der Waals surface area contributed by atoms with Gasteiger partial charge in [0, 0.05) is 19.0 Å². The Morgan fingerprint density at radius 3 is 2.97 bits per heavy atom. The van der Waals surface area contributed by atoms with E-state index < -0.39 is 17.7 Å². The third-order valence-corrected chi connectivity index (χ3v) is 6.54. The molecule has 2 unspecified atom stereocenters. The van der Waals surface area contributed by atoms with Gasteiger partial charge in [-0.2, -0.15) is 10.1 Å². The number of nitrogens with two attached hydrogens (primary N) is 1. The van der Waals surface area contributed by atoms with Crippen LogP contribution in [0.3, 0.4) is 0 Å². The van der Waals surface area contributed by atoms with Gasteiger partial charge in [0.1, 0.15) is 0 Å². The van der Waals surface area contributed by atoms with Gasteiger partial charge in [0.15, 0.2) is 11.5 Å². The average molecular weight is 507 g/mol. The standard InChI is InChI=1S/C24H23ClN8O3/c1-13(21-28-14(2)36-31-21)9-10-15-6-5-7-17-19(15)24(35,32-30-17)18-8-3-4-11-33(18)22(34)20-16(25)12-27-23(26)29-20/h5-7,12-13,18,35H,3-4,8,11H2,1-2H3,(H2,26,27,29)/t13?,18?,24-/m0/s1. The van der Waals surface area contributed by atoms with Gasteiger partial charge in [0.05, 0.1) is 34.4 Å². The van der Waals surface area contributed by atoms with E-state index in [-0.39, 0.29) is 22.6 Å². The molecule has 1 fully saturated rings. The van der Waals surface area contributed by atoms with Gasteiger partial charge in [-0.25, -0.2) is 9.97 Å². The molecule has 5 rings (SSSR count). The molecular weight excluding hydrogens is 484 g/mol. The molecule has 2 aromatic heterocycles. The number of hydrogen-bond donors (Lipinski definition) is 2. The van der Waals surface area contributed by atoms with Gasteiger partial charge in [-0.1, -0.05) is 34.7 Å². The summed E-state index contributed by atoms with van der Waals surface area (Å²) in [7, 11) is 0. The number of carbonyl (C=O) groups is 1. The fourth-order valence-electron chi connectivity index (χ4n) is 4.53. The largest absolute Gasteiger partial charge is 0.368 e. The fraction of sp³-hybridized carbons (Fsp3) is 0.375. The first-order chi connectivity index (χ1) is 17.3. The molecule has 12 heteroatoms. The second kappa shape index (κ2) is 9.29. The van der Waals surface area contributed by atoms with Crippen LogP contribution < -0.4 is 5.73 Å². The van der Waals surface area contributed by atoms with Crippen molar-refractivity contribution in [3.05, 3.63) is 58.0 Å². The number of likely N-dealkylation sites (tertiary alicyclic amines) is 1. The van der Waals surface area contributed by atoms with Crippen molar-refractivity contribution in [1.29, 1.82) is 0 Å². The van der Waals surface area contributed by atoms with Gasteiger partial charge in [-0.05, 0) is 38.3 Å². The molecule has 3 aromatic rings. The van der Waals surface area contributed by atoms with Crippen LogP contribution in [0.1, 0.15) is 65.4 Å². The number of aliphatic hydroxyl groups is 1. The molecule has 1 aromatic carbocycles. The van der Waals surface area contributed by atoms with Gasteiger partial charge in [-0.3, -0.25) is 4.79 Å². The molecule has 0 aliphatic carbocycles. The van der Waals surface area contributed by atoms with Crippen LogP contribution in [0.5, 0.6) is 0 Å². The maximum Gasteiger partial charge on any atom is 0.274 e. The zero-order valence-corrected chi connectivity index (χ0v) is 20.4. The highest BCUT2D eigenvalue weighted by Crippen LogP contribution is 2.46. The molecule has 1 saturated heterocycles. The summed E-state index contributed by atoms with van der Waals surface area (Å²) >= 11 is 6.21. The summed E-state index contributed by atoms with van der Waals surface area (Å²) in [4.78, 5) is 27.2. The second-order valence-electron chi connectivity index (χ2n) is 8.72. The lowest BCUT2D eigenvalue weighted by Gasteiger charge is -2.41. The van der Waals surface area contributed by atoms with Crippen molar-refractivity contribution in [1.82, 2.24) is 25.0 Å². The van der Waals surface area contributed by atoms with Crippen LogP contribution in [0.25, 0.3) is 0 Å². The monoisotopic (exact) mass is 506 g/mol. The summed E-state index contributed by atoms with van der Waals surface area (Å²) in [6, 6.07) is 4.63. The van der Waals surface area contributed by atoms with Crippen molar-refractivity contribution in [2.75, 3.05) is 12.3 Å². The third kappa shape index (κ3) is 4.19. The number of fused-ring (bicyclic) bond motifs is 1. The number of amides is 1. The lowest BCUT2D eigenvalue weighted by Crippen LogP contribution is -2.54. The zero-order valence-electron chi connectivity index (χ0n) is 19.6. The Hall–Kier alpha value is -3.88. The van der Waals surface area contributed by atoms with E-state index >= 15 is 0 Å². The summed E-state index contributed by atoms with van der Waals surface area (Å²) in [6.07, 6.45) is 3.33. The first-order valence-electron chi connectivity index (χ1n) is 11.5. The highest BCUT2D eigenvalue weighted by Gasteiger charge is 2.50. The maximum atomic E-state index is 13.5. The Balaban J connectivity index is 1.52. The molecule has 4 heterocycles. The number of aromatic nitrogens is 4. The van der Waals surface area contributed by atoms with Gasteiger partial charge in [0.25, 0.3) is 5.91 Å². The first kappa shape index (κ1) is 23.8. The number of rotatable bonds is 3. The zero-order chi connectivity index (χ0) is 25.4. The van der Waals surface area contributed by atoms with Gasteiger partial charge in [-0.15, -0.1) is 5.11 Å². The van der Waals surface area contributed by atoms with Crippen LogP contribution >= 0.6 is 11.6 Å². The van der Waals surface area contributed by atoms with E-state index in [1.165, 1.54) is 6.20 Å². The van der Waals surface area contributed by atoms with Crippen molar-refractivity contribution in [2.45, 2.75) is 50.8 Å². The van der Waals surface area contributed by atoms with E-state index in [0.717, 1.165) is 12.8 Å². The number of nitrogens with zero attached hydrogens (tertiary/aromatic N) is 7. The highest BCUT2D eigenvalue weighted by molar-refractivity contribution is 6.33. The van der Waals surface area contributed by atoms with E-state index in [1.54, 1.807) is 30.0 Å².